The molecule has 0 aliphatic rings. The molecular weight excluding hydrogens is 250 g/mol. The highest BCUT2D eigenvalue weighted by Crippen LogP contribution is 2.27. The second-order valence-corrected chi connectivity index (χ2v) is 6.42. The fourth-order valence-corrected chi connectivity index (χ4v) is 3.00. The molecule has 1 N–H and O–H groups in total. The average Bonchev–Trinajstić information content (AvgIpc) is 2.41. The van der Waals surface area contributed by atoms with Gasteiger partial charge >= 0.3 is 0 Å². The normalized spacial score (nSPS) is 12.2. The molecule has 1 unspecified atom stereocenters. The number of rotatable bonds is 5. The van der Waals surface area contributed by atoms with E-state index in [1.165, 1.54) is 21.7 Å². The molecule has 0 aromatic heterocycles. The summed E-state index contributed by atoms with van der Waals surface area (Å²) in [6.07, 6.45) is 0. The number of aryl methyl sites for hydroxylation is 2. The van der Waals surface area contributed by atoms with Gasteiger partial charge in [0.1, 0.15) is 0 Å². The lowest BCUT2D eigenvalue weighted by Gasteiger charge is -2.15. The Bertz CT molecular complexity index is 522. The van der Waals surface area contributed by atoms with E-state index < -0.39 is 0 Å². The summed E-state index contributed by atoms with van der Waals surface area (Å²) in [5.74, 6) is 0. The maximum Gasteiger partial charge on any atom is 0.0340 e. The molecule has 2 heteroatoms. The molecule has 0 saturated heterocycles. The Morgan fingerprint density at radius 2 is 1.79 bits per heavy atom. The third kappa shape index (κ3) is 4.32. The highest BCUT2D eigenvalue weighted by molar-refractivity contribution is 8.00. The van der Waals surface area contributed by atoms with E-state index in [-0.39, 0.29) is 0 Å². The van der Waals surface area contributed by atoms with E-state index in [1.54, 1.807) is 0 Å². The van der Waals surface area contributed by atoms with E-state index in [0.717, 1.165) is 6.54 Å². The van der Waals surface area contributed by atoms with Gasteiger partial charge in [0, 0.05) is 22.4 Å². The Morgan fingerprint density at radius 3 is 2.47 bits per heavy atom. The first-order chi connectivity index (χ1) is 9.15. The first kappa shape index (κ1) is 14.0. The van der Waals surface area contributed by atoms with Crippen LogP contribution in [0.25, 0.3) is 0 Å². The lowest BCUT2D eigenvalue weighted by atomic mass is 10.2. The topological polar surface area (TPSA) is 12.0 Å². The van der Waals surface area contributed by atoms with Gasteiger partial charge in [-0.05, 0) is 37.6 Å². The Labute approximate surface area is 120 Å². The van der Waals surface area contributed by atoms with Crippen LogP contribution in [0, 0.1) is 13.8 Å². The maximum absolute atomic E-state index is 3.47. The lowest BCUT2D eigenvalue weighted by Crippen LogP contribution is -2.13. The predicted octanol–water partition coefficient (Wildman–Crippen LogP) is 4.90. The summed E-state index contributed by atoms with van der Waals surface area (Å²) in [4.78, 5) is 1.38. The van der Waals surface area contributed by atoms with Gasteiger partial charge in [0.25, 0.3) is 0 Å². The molecule has 0 saturated carbocycles. The zero-order valence-corrected chi connectivity index (χ0v) is 12.6. The van der Waals surface area contributed by atoms with Crippen molar-refractivity contribution in [2.24, 2.45) is 0 Å². The number of nitrogens with one attached hydrogen (secondary N) is 1. The maximum atomic E-state index is 3.47. The van der Waals surface area contributed by atoms with Crippen molar-refractivity contribution in [1.82, 2.24) is 0 Å². The highest BCUT2D eigenvalue weighted by Gasteiger charge is 2.06. The number of anilines is 1. The van der Waals surface area contributed by atoms with Crippen LogP contribution in [-0.2, 0) is 0 Å². The van der Waals surface area contributed by atoms with Gasteiger partial charge in [-0.15, -0.1) is 11.8 Å². The van der Waals surface area contributed by atoms with Gasteiger partial charge in [-0.1, -0.05) is 42.8 Å². The first-order valence-corrected chi connectivity index (χ1v) is 7.56. The van der Waals surface area contributed by atoms with Crippen LogP contribution in [0.3, 0.4) is 0 Å². The lowest BCUT2D eigenvalue weighted by molar-refractivity contribution is 0.997. The predicted molar refractivity (Wildman–Crippen MR) is 86.2 cm³/mol. The molecule has 19 heavy (non-hydrogen) atoms. The smallest absolute Gasteiger partial charge is 0.0340 e. The van der Waals surface area contributed by atoms with Crippen molar-refractivity contribution in [3.8, 4) is 0 Å². The molecule has 100 valence electrons. The summed E-state index contributed by atoms with van der Waals surface area (Å²) in [6, 6.07) is 17.0. The van der Waals surface area contributed by atoms with Gasteiger partial charge in [0.2, 0.25) is 0 Å². The van der Waals surface area contributed by atoms with Crippen molar-refractivity contribution >= 4 is 17.4 Å². The number of hydrogen-bond donors (Lipinski definition) is 1. The largest absolute Gasteiger partial charge is 0.384 e. The van der Waals surface area contributed by atoms with Gasteiger partial charge in [-0.3, -0.25) is 0 Å². The van der Waals surface area contributed by atoms with Crippen molar-refractivity contribution < 1.29 is 0 Å². The van der Waals surface area contributed by atoms with Crippen LogP contribution in [-0.4, -0.2) is 11.8 Å². The summed E-state index contributed by atoms with van der Waals surface area (Å²) in [5.41, 5.74) is 3.89. The van der Waals surface area contributed by atoms with Gasteiger partial charge < -0.3 is 5.32 Å². The van der Waals surface area contributed by atoms with Crippen LogP contribution in [0.2, 0.25) is 0 Å². The molecule has 2 aromatic carbocycles. The highest BCUT2D eigenvalue weighted by atomic mass is 32.2. The molecule has 0 amide bonds. The fraction of sp³-hybridized carbons (Fsp3) is 0.294. The van der Waals surface area contributed by atoms with Crippen LogP contribution in [0.4, 0.5) is 5.69 Å². The second kappa shape index (κ2) is 6.67. The summed E-state index contributed by atoms with van der Waals surface area (Å²) in [7, 11) is 0. The van der Waals surface area contributed by atoms with Crippen molar-refractivity contribution in [3.63, 3.8) is 0 Å². The SMILES string of the molecule is Cc1ccc(SC(C)CNc2ccccc2)c(C)c1. The zero-order valence-electron chi connectivity index (χ0n) is 11.8. The minimum absolute atomic E-state index is 0.543. The molecule has 1 nitrogen and oxygen atoms in total. The van der Waals surface area contributed by atoms with Crippen LogP contribution in [0.15, 0.2) is 53.4 Å². The Hall–Kier alpha value is -1.41. The Balaban J connectivity index is 1.89. The number of benzene rings is 2. The molecule has 0 aliphatic carbocycles. The molecule has 0 fully saturated rings. The molecule has 0 aliphatic heterocycles. The van der Waals surface area contributed by atoms with E-state index in [1.807, 2.05) is 17.8 Å². The molecule has 0 heterocycles. The third-order valence-corrected chi connectivity index (χ3v) is 4.31. The van der Waals surface area contributed by atoms with E-state index >= 15 is 0 Å². The minimum Gasteiger partial charge on any atom is -0.384 e. The molecule has 1 atom stereocenters. The molecule has 2 rings (SSSR count). The van der Waals surface area contributed by atoms with E-state index in [4.69, 9.17) is 0 Å². The summed E-state index contributed by atoms with van der Waals surface area (Å²) >= 11 is 1.94. The van der Waals surface area contributed by atoms with Crippen molar-refractivity contribution in [2.75, 3.05) is 11.9 Å². The quantitative estimate of drug-likeness (QED) is 0.777. The van der Waals surface area contributed by atoms with Gasteiger partial charge in [-0.2, -0.15) is 0 Å². The van der Waals surface area contributed by atoms with Crippen LogP contribution in [0.1, 0.15) is 18.1 Å². The monoisotopic (exact) mass is 271 g/mol. The van der Waals surface area contributed by atoms with Crippen LogP contribution >= 0.6 is 11.8 Å². The molecule has 0 radical (unpaired) electrons. The second-order valence-electron chi connectivity index (χ2n) is 4.94. The molecule has 0 spiro atoms. The Kier molecular flexibility index (Phi) is 4.92. The molecule has 0 bridgehead atoms. The average molecular weight is 271 g/mol. The van der Waals surface area contributed by atoms with Gasteiger partial charge in [0.15, 0.2) is 0 Å². The van der Waals surface area contributed by atoms with Crippen molar-refractivity contribution in [3.05, 3.63) is 59.7 Å². The first-order valence-electron chi connectivity index (χ1n) is 6.68. The van der Waals surface area contributed by atoms with Crippen molar-refractivity contribution in [1.29, 1.82) is 0 Å². The summed E-state index contributed by atoms with van der Waals surface area (Å²) in [5, 5.41) is 4.02. The standard InChI is InChI=1S/C17H21NS/c1-13-9-10-17(14(2)11-13)19-15(3)12-18-16-7-5-4-6-8-16/h4-11,15,18H,12H2,1-3H3. The zero-order chi connectivity index (χ0) is 13.7. The van der Waals surface area contributed by atoms with Crippen LogP contribution in [0.5, 0.6) is 0 Å². The summed E-state index contributed by atoms with van der Waals surface area (Å²) < 4.78 is 0. The molecular formula is C17H21NS. The fourth-order valence-electron chi connectivity index (χ4n) is 2.01. The number of thioether (sulfide) groups is 1. The number of para-hydroxylation sites is 1. The summed E-state index contributed by atoms with van der Waals surface area (Å²) in [6.45, 7) is 7.57. The minimum atomic E-state index is 0.543. The van der Waals surface area contributed by atoms with E-state index in [0.29, 0.717) is 5.25 Å². The number of hydrogen-bond acceptors (Lipinski definition) is 2. The Morgan fingerprint density at radius 1 is 1.05 bits per heavy atom. The molecule has 2 aromatic rings. The van der Waals surface area contributed by atoms with Crippen LogP contribution < -0.4 is 5.32 Å². The van der Waals surface area contributed by atoms with E-state index in [2.05, 4.69) is 68.6 Å². The third-order valence-electron chi connectivity index (χ3n) is 3.03. The van der Waals surface area contributed by atoms with Gasteiger partial charge in [0.05, 0.1) is 0 Å². The van der Waals surface area contributed by atoms with Gasteiger partial charge in [-0.25, -0.2) is 0 Å². The van der Waals surface area contributed by atoms with Crippen molar-refractivity contribution in [2.45, 2.75) is 30.9 Å². The van der Waals surface area contributed by atoms with E-state index in [9.17, 15) is 0 Å².